The highest BCUT2D eigenvalue weighted by molar-refractivity contribution is 5.89. The molecule has 2 N–H and O–H groups in total. The first-order valence-corrected chi connectivity index (χ1v) is 13.0. The molecule has 7 nitrogen and oxygen atoms in total. The molecule has 0 radical (unpaired) electrons. The lowest BCUT2D eigenvalue weighted by Crippen LogP contribution is -2.45. The molecule has 4 rings (SSSR count). The first kappa shape index (κ1) is 28.6. The molecule has 0 aromatic heterocycles. The lowest BCUT2D eigenvalue weighted by molar-refractivity contribution is -0.0115. The van der Waals surface area contributed by atoms with Crippen molar-refractivity contribution in [3.05, 3.63) is 59.2 Å². The number of nitrogens with two attached hydrogens (primary N) is 1. The second kappa shape index (κ2) is 12.5. The van der Waals surface area contributed by atoms with Crippen molar-refractivity contribution in [1.82, 2.24) is 4.90 Å². The number of benzene rings is 2. The summed E-state index contributed by atoms with van der Waals surface area (Å²) < 4.78 is 17.0. The number of halogens is 1. The number of hydrogen-bond acceptors (Lipinski definition) is 6. The molecule has 1 aliphatic heterocycles. The predicted octanol–water partition coefficient (Wildman–Crippen LogP) is 6.14. The van der Waals surface area contributed by atoms with E-state index in [-0.39, 0.29) is 24.6 Å². The average molecular weight is 531 g/mol. The van der Waals surface area contributed by atoms with Crippen LogP contribution < -0.4 is 10.5 Å². The Kier molecular flexibility index (Phi) is 9.71. The Hall–Kier alpha value is -2.93. The number of piperidine rings is 1. The standard InChI is InChI=1S/C29H38N2O5.ClH/c1-29(2,3)36-28(33)31-16-4-7-25(19-31)35-27(32)22-12-14-24(15-13-22)34-17-5-6-21-10-11-23(18-26(21)30)20-8-9-20;/h10-15,18,20,25H,4-9,16-17,19,30H2,1-3H3;1H/t25-;/m0./s1. The summed E-state index contributed by atoms with van der Waals surface area (Å²) in [4.78, 5) is 26.6. The van der Waals surface area contributed by atoms with Crippen molar-refractivity contribution >= 4 is 30.2 Å². The minimum Gasteiger partial charge on any atom is -0.494 e. The second-order valence-electron chi connectivity index (χ2n) is 10.8. The summed E-state index contributed by atoms with van der Waals surface area (Å²) in [7, 11) is 0. The Bertz CT molecular complexity index is 1060. The molecular formula is C29H39ClN2O5. The van der Waals surface area contributed by atoms with Gasteiger partial charge in [-0.2, -0.15) is 0 Å². The Morgan fingerprint density at radius 2 is 1.78 bits per heavy atom. The van der Waals surface area contributed by atoms with Gasteiger partial charge in [-0.25, -0.2) is 9.59 Å². The maximum atomic E-state index is 12.6. The number of likely N-dealkylation sites (tertiary alicyclic amines) is 1. The Balaban J connectivity index is 0.00000380. The topological polar surface area (TPSA) is 91.1 Å². The van der Waals surface area contributed by atoms with Gasteiger partial charge in [-0.15, -0.1) is 12.4 Å². The van der Waals surface area contributed by atoms with Crippen molar-refractivity contribution in [1.29, 1.82) is 0 Å². The molecule has 0 spiro atoms. The summed E-state index contributed by atoms with van der Waals surface area (Å²) in [6.45, 7) is 7.02. The van der Waals surface area contributed by atoms with E-state index in [4.69, 9.17) is 19.9 Å². The first-order valence-electron chi connectivity index (χ1n) is 13.0. The van der Waals surface area contributed by atoms with Crippen LogP contribution in [0.25, 0.3) is 0 Å². The molecule has 2 aliphatic rings. The number of ether oxygens (including phenoxy) is 3. The molecule has 1 aliphatic carbocycles. The molecule has 2 aromatic rings. The van der Waals surface area contributed by atoms with Gasteiger partial charge >= 0.3 is 12.1 Å². The Morgan fingerprint density at radius 3 is 2.43 bits per heavy atom. The van der Waals surface area contributed by atoms with Crippen LogP contribution in [0.5, 0.6) is 5.75 Å². The Labute approximate surface area is 226 Å². The van der Waals surface area contributed by atoms with Gasteiger partial charge in [0.25, 0.3) is 0 Å². The summed E-state index contributed by atoms with van der Waals surface area (Å²) in [5, 5.41) is 0. The van der Waals surface area contributed by atoms with E-state index in [1.165, 1.54) is 18.4 Å². The van der Waals surface area contributed by atoms with Gasteiger partial charge in [-0.1, -0.05) is 12.1 Å². The van der Waals surface area contributed by atoms with E-state index in [1.807, 2.05) is 20.8 Å². The minimum atomic E-state index is -0.557. The largest absolute Gasteiger partial charge is 0.494 e. The highest BCUT2D eigenvalue weighted by Gasteiger charge is 2.29. The van der Waals surface area contributed by atoms with Gasteiger partial charge in [0.15, 0.2) is 0 Å². The van der Waals surface area contributed by atoms with E-state index in [0.29, 0.717) is 36.9 Å². The van der Waals surface area contributed by atoms with E-state index in [2.05, 4.69) is 18.2 Å². The van der Waals surface area contributed by atoms with Crippen molar-refractivity contribution in [3.63, 3.8) is 0 Å². The number of nitrogens with zero attached hydrogens (tertiary/aromatic N) is 1. The molecule has 1 heterocycles. The van der Waals surface area contributed by atoms with Crippen LogP contribution in [0.1, 0.15) is 80.3 Å². The van der Waals surface area contributed by atoms with Gasteiger partial charge in [0, 0.05) is 12.2 Å². The predicted molar refractivity (Wildman–Crippen MR) is 147 cm³/mol. The fourth-order valence-corrected chi connectivity index (χ4v) is 4.40. The monoisotopic (exact) mass is 530 g/mol. The van der Waals surface area contributed by atoms with Crippen molar-refractivity contribution in [2.75, 3.05) is 25.4 Å². The lowest BCUT2D eigenvalue weighted by atomic mass is 10.0. The van der Waals surface area contributed by atoms with Gasteiger partial charge in [0.05, 0.1) is 18.7 Å². The smallest absolute Gasteiger partial charge is 0.410 e. The van der Waals surface area contributed by atoms with Crippen LogP contribution in [0.15, 0.2) is 42.5 Å². The maximum Gasteiger partial charge on any atom is 0.410 e. The van der Waals surface area contributed by atoms with Crippen LogP contribution in [0, 0.1) is 0 Å². The number of nitrogen functional groups attached to an aromatic ring is 1. The zero-order valence-electron chi connectivity index (χ0n) is 22.0. The summed E-state index contributed by atoms with van der Waals surface area (Å²) in [5.41, 5.74) is 9.52. The molecule has 0 unspecified atom stereocenters. The summed E-state index contributed by atoms with van der Waals surface area (Å²) in [5.74, 6) is 1.01. The molecule has 1 amide bonds. The summed E-state index contributed by atoms with van der Waals surface area (Å²) in [6.07, 6.45) is 5.03. The van der Waals surface area contributed by atoms with Crippen LogP contribution >= 0.6 is 12.4 Å². The zero-order valence-corrected chi connectivity index (χ0v) is 22.9. The molecule has 202 valence electrons. The Morgan fingerprint density at radius 1 is 1.05 bits per heavy atom. The van der Waals surface area contributed by atoms with Crippen LogP contribution in [0.2, 0.25) is 0 Å². The SMILES string of the molecule is CC(C)(C)OC(=O)N1CCC[C@H](OC(=O)c2ccc(OCCCc3ccc(C4CC4)cc3N)cc2)C1.Cl. The van der Waals surface area contributed by atoms with Gasteiger partial charge in [-0.3, -0.25) is 0 Å². The lowest BCUT2D eigenvalue weighted by Gasteiger charge is -2.33. The normalized spacial score (nSPS) is 17.5. The van der Waals surface area contributed by atoms with Crippen molar-refractivity contribution in [3.8, 4) is 5.75 Å². The van der Waals surface area contributed by atoms with Crippen molar-refractivity contribution < 1.29 is 23.8 Å². The third-order valence-corrected chi connectivity index (χ3v) is 6.47. The summed E-state index contributed by atoms with van der Waals surface area (Å²) in [6, 6.07) is 13.4. The third kappa shape index (κ3) is 8.56. The average Bonchev–Trinajstić information content (AvgIpc) is 3.68. The van der Waals surface area contributed by atoms with Crippen LogP contribution in [-0.4, -0.2) is 48.4 Å². The molecule has 2 aromatic carbocycles. The quantitative estimate of drug-likeness (QED) is 0.250. The van der Waals surface area contributed by atoms with Gasteiger partial charge in [0.1, 0.15) is 17.5 Å². The number of amides is 1. The number of esters is 1. The number of rotatable bonds is 8. The van der Waals surface area contributed by atoms with Crippen LogP contribution in [0.3, 0.4) is 0 Å². The number of aryl methyl sites for hydroxylation is 1. The fourth-order valence-electron chi connectivity index (χ4n) is 4.40. The van der Waals surface area contributed by atoms with Gasteiger partial charge in [0.2, 0.25) is 0 Å². The molecule has 0 bridgehead atoms. The van der Waals surface area contributed by atoms with E-state index in [1.54, 1.807) is 29.2 Å². The third-order valence-electron chi connectivity index (χ3n) is 6.47. The molecule has 8 heteroatoms. The van der Waals surface area contributed by atoms with E-state index < -0.39 is 11.6 Å². The van der Waals surface area contributed by atoms with Gasteiger partial charge in [-0.05, 0) is 107 Å². The van der Waals surface area contributed by atoms with Crippen LogP contribution in [-0.2, 0) is 15.9 Å². The molecule has 2 fully saturated rings. The number of hydrogen-bond donors (Lipinski definition) is 1. The zero-order chi connectivity index (χ0) is 25.7. The number of carbonyl (C=O) groups excluding carboxylic acids is 2. The fraction of sp³-hybridized carbons (Fsp3) is 0.517. The number of carbonyl (C=O) groups is 2. The number of anilines is 1. The highest BCUT2D eigenvalue weighted by atomic mass is 35.5. The summed E-state index contributed by atoms with van der Waals surface area (Å²) >= 11 is 0. The molecular weight excluding hydrogens is 492 g/mol. The van der Waals surface area contributed by atoms with Crippen molar-refractivity contribution in [2.45, 2.75) is 76.9 Å². The highest BCUT2D eigenvalue weighted by Crippen LogP contribution is 2.41. The van der Waals surface area contributed by atoms with Crippen LogP contribution in [0.4, 0.5) is 10.5 Å². The minimum absolute atomic E-state index is 0. The molecule has 37 heavy (non-hydrogen) atoms. The van der Waals surface area contributed by atoms with Crippen molar-refractivity contribution in [2.24, 2.45) is 0 Å². The molecule has 1 atom stereocenters. The first-order chi connectivity index (χ1) is 17.2. The molecule has 1 saturated carbocycles. The van der Waals surface area contributed by atoms with E-state index >= 15 is 0 Å². The van der Waals surface area contributed by atoms with Gasteiger partial charge < -0.3 is 24.8 Å². The maximum absolute atomic E-state index is 12.6. The molecule has 1 saturated heterocycles. The van der Waals surface area contributed by atoms with E-state index in [0.717, 1.165) is 36.9 Å². The van der Waals surface area contributed by atoms with E-state index in [9.17, 15) is 9.59 Å². The second-order valence-corrected chi connectivity index (χ2v) is 10.8.